The van der Waals surface area contributed by atoms with Gasteiger partial charge in [-0.2, -0.15) is 8.78 Å². The fourth-order valence-corrected chi connectivity index (χ4v) is 5.85. The molecule has 7 nitrogen and oxygen atoms in total. The van der Waals surface area contributed by atoms with Crippen LogP contribution in [-0.4, -0.2) is 34.5 Å². The lowest BCUT2D eigenvalue weighted by molar-refractivity contribution is -0.0498. The van der Waals surface area contributed by atoms with Gasteiger partial charge in [0.25, 0.3) is 0 Å². The molecular formula is C38H39F2N3O4. The molecule has 0 aliphatic carbocycles. The third-order valence-corrected chi connectivity index (χ3v) is 8.03. The highest BCUT2D eigenvalue weighted by Gasteiger charge is 2.23. The van der Waals surface area contributed by atoms with E-state index in [1.165, 1.54) is 0 Å². The summed E-state index contributed by atoms with van der Waals surface area (Å²) >= 11 is 0. The van der Waals surface area contributed by atoms with E-state index in [0.717, 1.165) is 76.1 Å². The maximum atomic E-state index is 12.8. The van der Waals surface area contributed by atoms with Crippen molar-refractivity contribution < 1.29 is 27.7 Å². The standard InChI is InChI=1S/C38H39F2N3O4/c1-3-5-20-43-33(36(30-12-9-13-32(22-30)44-4-2)41-37(43)29-10-7-6-8-11-29)25-42(23-27-14-17-31(18-15-27)47-38(39)40)24-28-16-19-34-35(21-28)46-26-45-34/h6-19,21-22,38H,3-5,20,23-26H2,1-2H3. The average Bonchev–Trinajstić information content (AvgIpc) is 3.69. The van der Waals surface area contributed by atoms with Gasteiger partial charge in [0.2, 0.25) is 6.79 Å². The maximum Gasteiger partial charge on any atom is 0.387 e. The fourth-order valence-electron chi connectivity index (χ4n) is 5.85. The molecule has 47 heavy (non-hydrogen) atoms. The molecule has 9 heteroatoms. The molecule has 0 saturated heterocycles. The molecule has 0 spiro atoms. The first-order valence-electron chi connectivity index (χ1n) is 16.0. The van der Waals surface area contributed by atoms with E-state index >= 15 is 0 Å². The second-order valence-corrected chi connectivity index (χ2v) is 11.4. The Morgan fingerprint density at radius 2 is 1.53 bits per heavy atom. The van der Waals surface area contributed by atoms with Crippen LogP contribution < -0.4 is 18.9 Å². The number of hydrogen-bond donors (Lipinski definition) is 0. The first kappa shape index (κ1) is 32.1. The summed E-state index contributed by atoms with van der Waals surface area (Å²) in [7, 11) is 0. The third kappa shape index (κ3) is 7.92. The highest BCUT2D eigenvalue weighted by Crippen LogP contribution is 2.35. The van der Waals surface area contributed by atoms with Crippen molar-refractivity contribution in [1.29, 1.82) is 0 Å². The van der Waals surface area contributed by atoms with Gasteiger partial charge in [-0.05, 0) is 60.9 Å². The van der Waals surface area contributed by atoms with Crippen LogP contribution in [0, 0.1) is 0 Å². The van der Waals surface area contributed by atoms with Gasteiger partial charge in [0.05, 0.1) is 18.0 Å². The monoisotopic (exact) mass is 639 g/mol. The van der Waals surface area contributed by atoms with Crippen LogP contribution >= 0.6 is 0 Å². The van der Waals surface area contributed by atoms with Gasteiger partial charge in [-0.15, -0.1) is 0 Å². The predicted octanol–water partition coefficient (Wildman–Crippen LogP) is 8.95. The topological polar surface area (TPSA) is 58.0 Å². The largest absolute Gasteiger partial charge is 0.494 e. The van der Waals surface area contributed by atoms with E-state index in [9.17, 15) is 8.78 Å². The number of halogens is 2. The Hall–Kier alpha value is -4.89. The van der Waals surface area contributed by atoms with Gasteiger partial charge in [0.15, 0.2) is 11.5 Å². The Morgan fingerprint density at radius 1 is 0.787 bits per heavy atom. The molecule has 1 aliphatic heterocycles. The lowest BCUT2D eigenvalue weighted by Gasteiger charge is -2.25. The van der Waals surface area contributed by atoms with Gasteiger partial charge in [0.1, 0.15) is 17.3 Å². The van der Waals surface area contributed by atoms with Crippen molar-refractivity contribution >= 4 is 0 Å². The molecule has 244 valence electrons. The summed E-state index contributed by atoms with van der Waals surface area (Å²) in [6.07, 6.45) is 2.03. The Kier molecular flexibility index (Phi) is 10.3. The van der Waals surface area contributed by atoms with Crippen molar-refractivity contribution in [3.8, 4) is 45.6 Å². The van der Waals surface area contributed by atoms with E-state index in [1.54, 1.807) is 12.1 Å². The molecule has 1 aromatic heterocycles. The Balaban J connectivity index is 1.43. The van der Waals surface area contributed by atoms with Crippen LogP contribution in [0.2, 0.25) is 0 Å². The zero-order valence-electron chi connectivity index (χ0n) is 26.7. The number of alkyl halides is 2. The zero-order chi connectivity index (χ0) is 32.6. The van der Waals surface area contributed by atoms with Crippen molar-refractivity contribution in [2.75, 3.05) is 13.4 Å². The molecule has 0 radical (unpaired) electrons. The third-order valence-electron chi connectivity index (χ3n) is 8.03. The average molecular weight is 640 g/mol. The van der Waals surface area contributed by atoms with Crippen LogP contribution in [0.3, 0.4) is 0 Å². The van der Waals surface area contributed by atoms with Crippen LogP contribution in [0.15, 0.2) is 97.1 Å². The molecule has 0 fully saturated rings. The highest BCUT2D eigenvalue weighted by atomic mass is 19.3. The molecule has 1 aliphatic rings. The van der Waals surface area contributed by atoms with Crippen molar-refractivity contribution in [1.82, 2.24) is 14.5 Å². The van der Waals surface area contributed by atoms with Crippen LogP contribution in [0.4, 0.5) is 8.78 Å². The summed E-state index contributed by atoms with van der Waals surface area (Å²) in [5, 5.41) is 0. The SMILES string of the molecule is CCCCn1c(-c2ccccc2)nc(-c2cccc(OCC)c2)c1CN(Cc1ccc(OC(F)F)cc1)Cc1ccc2c(c1)OCO2. The number of aromatic nitrogens is 2. The lowest BCUT2D eigenvalue weighted by Crippen LogP contribution is -2.24. The van der Waals surface area contributed by atoms with E-state index in [0.29, 0.717) is 26.2 Å². The minimum Gasteiger partial charge on any atom is -0.494 e. The van der Waals surface area contributed by atoms with Crippen molar-refractivity contribution in [3.63, 3.8) is 0 Å². The minimum atomic E-state index is -2.87. The number of hydrogen-bond acceptors (Lipinski definition) is 6. The number of ether oxygens (including phenoxy) is 4. The number of nitrogens with zero attached hydrogens (tertiary/aromatic N) is 3. The van der Waals surface area contributed by atoms with Crippen molar-refractivity contribution in [2.45, 2.75) is 59.5 Å². The summed E-state index contributed by atoms with van der Waals surface area (Å²) in [5.74, 6) is 3.30. The molecular weight excluding hydrogens is 600 g/mol. The summed E-state index contributed by atoms with van der Waals surface area (Å²) in [4.78, 5) is 7.65. The normalized spacial score (nSPS) is 12.2. The van der Waals surface area contributed by atoms with Crippen molar-refractivity contribution in [2.24, 2.45) is 0 Å². The maximum absolute atomic E-state index is 12.8. The van der Waals surface area contributed by atoms with Gasteiger partial charge < -0.3 is 23.5 Å². The summed E-state index contributed by atoms with van der Waals surface area (Å²) < 4.78 is 49.8. The Bertz CT molecular complexity index is 1760. The first-order valence-corrected chi connectivity index (χ1v) is 16.0. The van der Waals surface area contributed by atoms with Gasteiger partial charge in [-0.3, -0.25) is 4.90 Å². The number of fused-ring (bicyclic) bond motifs is 1. The second-order valence-electron chi connectivity index (χ2n) is 11.4. The molecule has 0 unspecified atom stereocenters. The molecule has 6 rings (SSSR count). The number of unbranched alkanes of at least 4 members (excludes halogenated alkanes) is 1. The first-order chi connectivity index (χ1) is 23.0. The minimum absolute atomic E-state index is 0.132. The zero-order valence-corrected chi connectivity index (χ0v) is 26.7. The van der Waals surface area contributed by atoms with E-state index in [2.05, 4.69) is 51.5 Å². The fraction of sp³-hybridized carbons (Fsp3) is 0.289. The number of rotatable bonds is 15. The van der Waals surface area contributed by atoms with Crippen LogP contribution in [0.5, 0.6) is 23.0 Å². The molecule has 0 atom stereocenters. The molecule has 0 amide bonds. The molecule has 0 bridgehead atoms. The molecule has 0 N–H and O–H groups in total. The van der Waals surface area contributed by atoms with E-state index in [1.807, 2.05) is 61.5 Å². The number of imidazole rings is 1. The summed E-state index contributed by atoms with van der Waals surface area (Å²) in [6.45, 7) is 4.62. The molecule has 5 aromatic rings. The van der Waals surface area contributed by atoms with Gasteiger partial charge >= 0.3 is 6.61 Å². The van der Waals surface area contributed by atoms with E-state index < -0.39 is 6.61 Å². The smallest absolute Gasteiger partial charge is 0.387 e. The lowest BCUT2D eigenvalue weighted by atomic mass is 10.1. The molecule has 2 heterocycles. The Labute approximate surface area is 274 Å². The van der Waals surface area contributed by atoms with E-state index in [-0.39, 0.29) is 12.5 Å². The summed E-state index contributed by atoms with van der Waals surface area (Å²) in [6, 6.07) is 31.2. The molecule has 4 aromatic carbocycles. The van der Waals surface area contributed by atoms with E-state index in [4.69, 9.17) is 19.2 Å². The summed E-state index contributed by atoms with van der Waals surface area (Å²) in [5.41, 5.74) is 6.05. The van der Waals surface area contributed by atoms with Gasteiger partial charge in [0, 0.05) is 37.3 Å². The predicted molar refractivity (Wildman–Crippen MR) is 178 cm³/mol. The molecule has 0 saturated carbocycles. The Morgan fingerprint density at radius 3 is 2.30 bits per heavy atom. The van der Waals surface area contributed by atoms with Crippen LogP contribution in [-0.2, 0) is 26.2 Å². The quantitative estimate of drug-likeness (QED) is 0.114. The van der Waals surface area contributed by atoms with Crippen LogP contribution in [0.1, 0.15) is 43.5 Å². The second kappa shape index (κ2) is 15.1. The number of benzene rings is 4. The van der Waals surface area contributed by atoms with Gasteiger partial charge in [-0.25, -0.2) is 4.98 Å². The van der Waals surface area contributed by atoms with Crippen molar-refractivity contribution in [3.05, 3.63) is 114 Å². The highest BCUT2D eigenvalue weighted by molar-refractivity contribution is 5.69. The van der Waals surface area contributed by atoms with Crippen LogP contribution in [0.25, 0.3) is 22.6 Å². The van der Waals surface area contributed by atoms with Gasteiger partial charge in [-0.1, -0.05) is 74.0 Å².